The van der Waals surface area contributed by atoms with Crippen molar-refractivity contribution in [3.05, 3.63) is 12.2 Å². The summed E-state index contributed by atoms with van der Waals surface area (Å²) in [6.45, 7) is 1.39. The minimum Gasteiger partial charge on any atom is -0.394 e. The van der Waals surface area contributed by atoms with Crippen molar-refractivity contribution in [2.45, 2.75) is 386 Å². The van der Waals surface area contributed by atoms with E-state index in [0.717, 1.165) is 65.2 Å². The van der Waals surface area contributed by atoms with E-state index < -0.39 is 217 Å². The molecule has 5 fully saturated rings. The predicted octanol–water partition coefficient (Wildman–Crippen LogP) is 0.532. The molecule has 0 radical (unpaired) electrons. The van der Waals surface area contributed by atoms with Crippen molar-refractivity contribution in [2.75, 3.05) is 39.6 Å². The Morgan fingerprint density at radius 1 is 0.379 bits per heavy atom. The van der Waals surface area contributed by atoms with Crippen molar-refractivity contribution in [1.82, 2.24) is 16.0 Å². The summed E-state index contributed by atoms with van der Waals surface area (Å²) in [6, 6.07) is -4.39. The van der Waals surface area contributed by atoms with Crippen LogP contribution in [-0.2, 0) is 61.8 Å². The van der Waals surface area contributed by atoms with E-state index in [-0.39, 0.29) is 12.3 Å². The van der Waals surface area contributed by atoms with Crippen LogP contribution in [0.25, 0.3) is 0 Å². The molecule has 5 heterocycles. The summed E-state index contributed by atoms with van der Waals surface area (Å²) in [6.07, 6.45) is -6.54. The third-order valence-corrected chi connectivity index (χ3v) is 20.1. The van der Waals surface area contributed by atoms with Gasteiger partial charge in [0.15, 0.2) is 31.5 Å². The van der Waals surface area contributed by atoms with Gasteiger partial charge < -0.3 is 140 Å². The second kappa shape index (κ2) is 50.0. The van der Waals surface area contributed by atoms with Crippen molar-refractivity contribution >= 4 is 17.7 Å². The fraction of sp³-hybridized carbons (Fsp3) is 0.931. The van der Waals surface area contributed by atoms with Crippen LogP contribution >= 0.6 is 0 Å². The first-order valence-corrected chi connectivity index (χ1v) is 38.5. The van der Waals surface area contributed by atoms with Crippen molar-refractivity contribution in [3.63, 3.8) is 0 Å². The SMILES string of the molecule is CCCCCCCCCCCCC/C=C/[C@@H](O)[C@H](CO[C@@H]1OC(CO)[C@@H](O[C@@H]2OC(CO)[C@H](O)[C@H](O[C@@H]3OC(CO)[C@@H](O[C@@H]4OC(CO)[C@H](O)[C@H](O[C@@H]5OC(CO)[C@@H](O)[C@H](O)C5NC(C)=O)C4O)[C@H](O)C3NC(C)=O)C2O)[C@H](O)C1O)NC(=O)CCCCCCCCCCCCCCCCCCC. The Labute approximate surface area is 607 Å². The summed E-state index contributed by atoms with van der Waals surface area (Å²) in [5.41, 5.74) is 0. The summed E-state index contributed by atoms with van der Waals surface area (Å²) >= 11 is 0. The lowest BCUT2D eigenvalue weighted by Crippen LogP contribution is -2.70. The lowest BCUT2D eigenvalue weighted by atomic mass is 9.94. The van der Waals surface area contributed by atoms with Crippen molar-refractivity contribution in [1.29, 1.82) is 0 Å². The van der Waals surface area contributed by atoms with Crippen LogP contribution in [0.3, 0.4) is 0 Å². The number of hydrogen-bond donors (Lipinski definition) is 18. The van der Waals surface area contributed by atoms with Crippen molar-refractivity contribution in [2.24, 2.45) is 0 Å². The van der Waals surface area contributed by atoms with Crippen LogP contribution in [0.15, 0.2) is 12.2 Å². The molecule has 5 rings (SSSR count). The minimum atomic E-state index is -2.16. The second-order valence-corrected chi connectivity index (χ2v) is 28.6. The normalized spacial score (nSPS) is 34.9. The van der Waals surface area contributed by atoms with E-state index in [0.29, 0.717) is 12.8 Å². The van der Waals surface area contributed by atoms with Crippen LogP contribution in [0.1, 0.15) is 220 Å². The molecule has 5 aliphatic rings. The average molecular weight is 1490 g/mol. The maximum atomic E-state index is 13.5. The number of hydrogen-bond acceptors (Lipinski definition) is 28. The molecule has 31 nitrogen and oxygen atoms in total. The topological polar surface area (TPSA) is 483 Å². The molecule has 27 atom stereocenters. The van der Waals surface area contributed by atoms with E-state index in [2.05, 4.69) is 29.8 Å². The van der Waals surface area contributed by atoms with E-state index in [9.17, 15) is 91.0 Å². The molecule has 10 unspecified atom stereocenters. The number of carbonyl (C=O) groups excluding carboxylic acids is 3. The molecular formula is C72H131N3O28. The van der Waals surface area contributed by atoms with Crippen LogP contribution in [0.5, 0.6) is 0 Å². The Kier molecular flexibility index (Phi) is 44.1. The Bertz CT molecular complexity index is 2310. The summed E-state index contributed by atoms with van der Waals surface area (Å²) < 4.78 is 59.0. The first kappa shape index (κ1) is 90.8. The van der Waals surface area contributed by atoms with Crippen molar-refractivity contribution < 1.29 is 138 Å². The fourth-order valence-electron chi connectivity index (χ4n) is 14.0. The summed E-state index contributed by atoms with van der Waals surface area (Å²) in [7, 11) is 0. The van der Waals surface area contributed by atoms with Gasteiger partial charge in [0.2, 0.25) is 17.7 Å². The lowest BCUT2D eigenvalue weighted by Gasteiger charge is -2.50. The zero-order chi connectivity index (χ0) is 75.4. The van der Waals surface area contributed by atoms with E-state index in [1.54, 1.807) is 6.08 Å². The Hall–Kier alpha value is -2.85. The van der Waals surface area contributed by atoms with Crippen LogP contribution in [-0.4, -0.2) is 300 Å². The Morgan fingerprint density at radius 2 is 0.718 bits per heavy atom. The second-order valence-electron chi connectivity index (χ2n) is 28.6. The first-order valence-electron chi connectivity index (χ1n) is 38.5. The zero-order valence-electron chi connectivity index (χ0n) is 61.2. The van der Waals surface area contributed by atoms with Crippen LogP contribution in [0.4, 0.5) is 0 Å². The molecule has 0 aromatic heterocycles. The number of allylic oxidation sites excluding steroid dienone is 1. The third-order valence-electron chi connectivity index (χ3n) is 20.1. The molecule has 5 aliphatic heterocycles. The molecule has 103 heavy (non-hydrogen) atoms. The molecule has 3 amide bonds. The molecule has 602 valence electrons. The Morgan fingerprint density at radius 3 is 1.13 bits per heavy atom. The third kappa shape index (κ3) is 29.5. The van der Waals surface area contributed by atoms with Gasteiger partial charge in [-0.15, -0.1) is 0 Å². The number of unbranched alkanes of at least 4 members (excludes halogenated alkanes) is 27. The van der Waals surface area contributed by atoms with Gasteiger partial charge in [0.1, 0.15) is 122 Å². The number of aliphatic hydroxyl groups excluding tert-OH is 15. The highest BCUT2D eigenvalue weighted by Crippen LogP contribution is 2.37. The molecule has 5 saturated heterocycles. The van der Waals surface area contributed by atoms with Gasteiger partial charge in [0, 0.05) is 20.3 Å². The van der Waals surface area contributed by atoms with Gasteiger partial charge in [-0.3, -0.25) is 14.4 Å². The van der Waals surface area contributed by atoms with Crippen LogP contribution in [0.2, 0.25) is 0 Å². The summed E-state index contributed by atoms with van der Waals surface area (Å²) in [5, 5.41) is 174. The average Bonchev–Trinajstić information content (AvgIpc) is 0.774. The highest BCUT2D eigenvalue weighted by Gasteiger charge is 2.57. The van der Waals surface area contributed by atoms with E-state index in [4.69, 9.17) is 47.4 Å². The van der Waals surface area contributed by atoms with Gasteiger partial charge in [-0.05, 0) is 19.3 Å². The molecule has 0 aliphatic carbocycles. The summed E-state index contributed by atoms with van der Waals surface area (Å²) in [4.78, 5) is 38.5. The molecular weight excluding hydrogens is 1350 g/mol. The number of aliphatic hydroxyl groups is 15. The highest BCUT2D eigenvalue weighted by atomic mass is 16.8. The smallest absolute Gasteiger partial charge is 0.220 e. The first-order chi connectivity index (χ1) is 49.6. The molecule has 18 N–H and O–H groups in total. The Balaban J connectivity index is 1.21. The summed E-state index contributed by atoms with van der Waals surface area (Å²) in [5.74, 6) is -1.89. The van der Waals surface area contributed by atoms with E-state index >= 15 is 0 Å². The minimum absolute atomic E-state index is 0.191. The molecule has 0 saturated carbocycles. The number of amides is 3. The van der Waals surface area contributed by atoms with Gasteiger partial charge in [-0.1, -0.05) is 193 Å². The molecule has 0 aromatic carbocycles. The lowest BCUT2D eigenvalue weighted by molar-refractivity contribution is -0.385. The molecule has 0 bridgehead atoms. The number of nitrogens with one attached hydrogen (secondary N) is 3. The maximum absolute atomic E-state index is 13.5. The quantitative estimate of drug-likeness (QED) is 0.0292. The maximum Gasteiger partial charge on any atom is 0.220 e. The zero-order valence-corrected chi connectivity index (χ0v) is 61.2. The van der Waals surface area contributed by atoms with Gasteiger partial charge in [0.25, 0.3) is 0 Å². The predicted molar refractivity (Wildman–Crippen MR) is 370 cm³/mol. The number of carbonyl (C=O) groups is 3. The largest absolute Gasteiger partial charge is 0.394 e. The molecule has 31 heteroatoms. The highest BCUT2D eigenvalue weighted by molar-refractivity contribution is 5.76. The monoisotopic (exact) mass is 1490 g/mol. The molecule has 0 aromatic rings. The van der Waals surface area contributed by atoms with Gasteiger partial charge in [-0.2, -0.15) is 0 Å². The molecule has 0 spiro atoms. The van der Waals surface area contributed by atoms with Gasteiger partial charge in [-0.25, -0.2) is 0 Å². The van der Waals surface area contributed by atoms with Crippen molar-refractivity contribution in [3.8, 4) is 0 Å². The van der Waals surface area contributed by atoms with E-state index in [1.807, 2.05) is 6.08 Å². The van der Waals surface area contributed by atoms with Crippen LogP contribution in [0, 0.1) is 0 Å². The fourth-order valence-corrected chi connectivity index (χ4v) is 14.0. The van der Waals surface area contributed by atoms with Crippen LogP contribution < -0.4 is 16.0 Å². The number of rotatable bonds is 51. The van der Waals surface area contributed by atoms with Gasteiger partial charge >= 0.3 is 0 Å². The van der Waals surface area contributed by atoms with E-state index in [1.165, 1.54) is 122 Å². The standard InChI is InChI=1S/C72H131N3O28/c1-5-7-9-11-13-15-17-19-20-21-22-24-26-28-30-32-34-36-52(84)75-45(46(83)35-33-31-29-27-25-23-18-16-14-12-10-8-6-2)42-94-70-61(91)60(90)65(51(41-80)99-70)101-72-63(93)67(57(87)49(39-78)97-72)103-69-54(74-44(4)82)59(89)64(50(40-79)98-69)100-71-62(92)66(56(86)48(38-77)96-71)102-68-53(73-43(3)81)58(88)55(85)47(37-76)95-68/h33,35,45-51,53-72,76-80,83,85-93H,5-32,34,36-42H2,1-4H3,(H,73,81)(H,74,82)(H,75,84)/b35-33+/t45-,46+,47?,48?,49?,50?,51?,53?,54?,55+,56-,57-,58+,59+,60+,61?,62?,63?,64+,65+,66-,67-,68-,69-,70+,71-,72-/m0/s1. The van der Waals surface area contributed by atoms with Gasteiger partial charge in [0.05, 0.1) is 51.8 Å². The number of ether oxygens (including phenoxy) is 10.